The number of allylic oxidation sites excluding steroid dienone is 1. The van der Waals surface area contributed by atoms with Crippen LogP contribution < -0.4 is 15.6 Å². The van der Waals surface area contributed by atoms with Crippen molar-refractivity contribution in [1.82, 2.24) is 5.32 Å². The predicted octanol–water partition coefficient (Wildman–Crippen LogP) is 2.52. The second-order valence-electron chi connectivity index (χ2n) is 7.87. The first kappa shape index (κ1) is 17.5. The molecule has 2 aromatic carbocycles. The van der Waals surface area contributed by atoms with Gasteiger partial charge in [-0.2, -0.15) is 0 Å². The number of hydrogen-bond acceptors (Lipinski definition) is 3. The number of ketones is 1. The van der Waals surface area contributed by atoms with Crippen LogP contribution >= 0.6 is 0 Å². The number of anilines is 1. The molecule has 0 fully saturated rings. The van der Waals surface area contributed by atoms with Gasteiger partial charge in [-0.05, 0) is 41.3 Å². The van der Waals surface area contributed by atoms with E-state index in [0.29, 0.717) is 12.4 Å². The van der Waals surface area contributed by atoms with Crippen LogP contribution in [0.2, 0.25) is 0 Å². The van der Waals surface area contributed by atoms with Crippen LogP contribution in [0.5, 0.6) is 0 Å². The number of nitrogens with one attached hydrogen (secondary N) is 3. The van der Waals surface area contributed by atoms with E-state index in [9.17, 15) is 9.18 Å². The molecule has 0 saturated carbocycles. The first-order valence-corrected chi connectivity index (χ1v) is 9.15. The van der Waals surface area contributed by atoms with Gasteiger partial charge in [-0.1, -0.05) is 44.2 Å². The number of benzene rings is 2. The molecule has 27 heavy (non-hydrogen) atoms. The molecule has 3 N–H and O–H groups in total. The Morgan fingerprint density at radius 2 is 1.81 bits per heavy atom. The summed E-state index contributed by atoms with van der Waals surface area (Å²) in [7, 11) is 0. The second kappa shape index (κ2) is 6.65. The first-order valence-electron chi connectivity index (χ1n) is 9.15. The van der Waals surface area contributed by atoms with Gasteiger partial charge in [0.2, 0.25) is 0 Å². The van der Waals surface area contributed by atoms with Crippen LogP contribution in [0.4, 0.5) is 10.1 Å². The zero-order valence-electron chi connectivity index (χ0n) is 15.4. The van der Waals surface area contributed by atoms with Crippen LogP contribution in [-0.2, 0) is 4.79 Å². The van der Waals surface area contributed by atoms with E-state index in [1.165, 1.54) is 12.1 Å². The minimum atomic E-state index is -0.278. The van der Waals surface area contributed by atoms with Crippen molar-refractivity contribution in [2.45, 2.75) is 26.3 Å². The van der Waals surface area contributed by atoms with Gasteiger partial charge < -0.3 is 0 Å². The van der Waals surface area contributed by atoms with Crippen molar-refractivity contribution in [1.29, 1.82) is 0 Å². The van der Waals surface area contributed by atoms with Crippen molar-refractivity contribution < 1.29 is 14.2 Å². The van der Waals surface area contributed by atoms with Gasteiger partial charge in [0.15, 0.2) is 0 Å². The molecule has 2 atom stereocenters. The molecule has 138 valence electrons. The zero-order chi connectivity index (χ0) is 19.0. The van der Waals surface area contributed by atoms with Crippen LogP contribution in [0.15, 0.2) is 66.4 Å². The molecule has 0 bridgehead atoms. The smallest absolute Gasteiger partial charge is 0.299 e. The molecule has 5 heteroatoms. The minimum Gasteiger partial charge on any atom is -0.299 e. The van der Waals surface area contributed by atoms with Crippen LogP contribution in [0.1, 0.15) is 31.9 Å². The van der Waals surface area contributed by atoms with Gasteiger partial charge in [0.05, 0.1) is 11.4 Å². The number of Topliss-reactive ketones (excluding diaryl/α,β-unsaturated/α-hetero) is 1. The van der Waals surface area contributed by atoms with E-state index in [1.807, 2.05) is 30.3 Å². The molecule has 0 radical (unpaired) electrons. The fraction of sp³-hybridized carbons (Fsp3) is 0.273. The standard InChI is InChI=1S/C22H22FN3O/c1-22(2)12-17-19(18(27)13-22)20(14-6-4-3-5-7-14)26-21(25-17)24-16-10-8-15(23)9-11-16/h3-12,19-20H,13H2,1-2H3,(H2,24,25,26)/p+1. The Hall–Kier alpha value is -2.95. The van der Waals surface area contributed by atoms with E-state index in [4.69, 9.17) is 0 Å². The molecular formula is C22H23FN3O+. The van der Waals surface area contributed by atoms with Gasteiger partial charge in [0.1, 0.15) is 23.6 Å². The Labute approximate surface area is 158 Å². The van der Waals surface area contributed by atoms with Gasteiger partial charge >= 0.3 is 5.96 Å². The van der Waals surface area contributed by atoms with Crippen LogP contribution in [0, 0.1) is 17.2 Å². The lowest BCUT2D eigenvalue weighted by molar-refractivity contribution is -0.522. The summed E-state index contributed by atoms with van der Waals surface area (Å²) in [5.74, 6) is 0.384. The molecule has 1 aliphatic heterocycles. The SMILES string of the molecule is CC1(C)C=C2NC(Nc3ccc(F)cc3)=[NH+]C(c3ccccc3)C2C(=O)C1. The van der Waals surface area contributed by atoms with Crippen molar-refractivity contribution in [2.24, 2.45) is 11.3 Å². The Kier molecular flexibility index (Phi) is 4.30. The number of carbonyl (C=O) groups excluding carboxylic acids is 1. The molecular weight excluding hydrogens is 341 g/mol. The third-order valence-electron chi connectivity index (χ3n) is 5.03. The normalized spacial score (nSPS) is 23.6. The van der Waals surface area contributed by atoms with Crippen molar-refractivity contribution in [2.75, 3.05) is 5.32 Å². The Morgan fingerprint density at radius 3 is 2.52 bits per heavy atom. The third kappa shape index (κ3) is 3.63. The summed E-state index contributed by atoms with van der Waals surface area (Å²) in [6.07, 6.45) is 2.68. The maximum absolute atomic E-state index is 13.2. The highest BCUT2D eigenvalue weighted by Crippen LogP contribution is 2.38. The summed E-state index contributed by atoms with van der Waals surface area (Å²) in [5.41, 5.74) is 2.55. The van der Waals surface area contributed by atoms with E-state index in [1.54, 1.807) is 12.1 Å². The molecule has 4 rings (SSSR count). The van der Waals surface area contributed by atoms with Crippen molar-refractivity contribution >= 4 is 17.4 Å². The molecule has 1 heterocycles. The largest absolute Gasteiger partial charge is 0.353 e. The minimum absolute atomic E-state index is 0.162. The van der Waals surface area contributed by atoms with Gasteiger partial charge in [0, 0.05) is 6.42 Å². The fourth-order valence-corrected chi connectivity index (χ4v) is 3.87. The zero-order valence-corrected chi connectivity index (χ0v) is 15.4. The van der Waals surface area contributed by atoms with E-state index in [2.05, 4.69) is 35.5 Å². The van der Waals surface area contributed by atoms with Crippen LogP contribution in [0.3, 0.4) is 0 Å². The maximum atomic E-state index is 13.2. The number of carbonyl (C=O) groups is 1. The van der Waals surface area contributed by atoms with Gasteiger partial charge in [-0.3, -0.25) is 9.79 Å². The van der Waals surface area contributed by atoms with E-state index in [0.717, 1.165) is 16.9 Å². The molecule has 2 aliphatic rings. The number of hydrogen-bond donors (Lipinski definition) is 3. The van der Waals surface area contributed by atoms with Crippen molar-refractivity contribution in [3.8, 4) is 0 Å². The first-order chi connectivity index (χ1) is 12.9. The lowest BCUT2D eigenvalue weighted by Crippen LogP contribution is -2.84. The highest BCUT2D eigenvalue weighted by molar-refractivity contribution is 5.94. The Bertz CT molecular complexity index is 916. The Balaban J connectivity index is 1.74. The lowest BCUT2D eigenvalue weighted by atomic mass is 9.72. The van der Waals surface area contributed by atoms with Gasteiger partial charge in [0.25, 0.3) is 0 Å². The predicted molar refractivity (Wildman–Crippen MR) is 103 cm³/mol. The average Bonchev–Trinajstić information content (AvgIpc) is 2.62. The molecule has 0 spiro atoms. The number of fused-ring (bicyclic) bond motifs is 1. The number of halogens is 1. The highest BCUT2D eigenvalue weighted by atomic mass is 19.1. The van der Waals surface area contributed by atoms with E-state index in [-0.39, 0.29) is 29.0 Å². The molecule has 0 aromatic heterocycles. The lowest BCUT2D eigenvalue weighted by Gasteiger charge is -2.36. The molecule has 2 aromatic rings. The topological polar surface area (TPSA) is 55.1 Å². The summed E-state index contributed by atoms with van der Waals surface area (Å²) in [6.45, 7) is 4.14. The monoisotopic (exact) mass is 364 g/mol. The average molecular weight is 364 g/mol. The fourth-order valence-electron chi connectivity index (χ4n) is 3.87. The van der Waals surface area contributed by atoms with Crippen molar-refractivity contribution in [3.05, 3.63) is 77.8 Å². The molecule has 4 nitrogen and oxygen atoms in total. The van der Waals surface area contributed by atoms with Gasteiger partial charge in [-0.15, -0.1) is 0 Å². The van der Waals surface area contributed by atoms with E-state index >= 15 is 0 Å². The molecule has 2 unspecified atom stereocenters. The van der Waals surface area contributed by atoms with Crippen LogP contribution in [0.25, 0.3) is 0 Å². The number of rotatable bonds is 2. The highest BCUT2D eigenvalue weighted by Gasteiger charge is 2.45. The summed E-state index contributed by atoms with van der Waals surface area (Å²) in [4.78, 5) is 16.4. The molecule has 1 aliphatic carbocycles. The van der Waals surface area contributed by atoms with Crippen molar-refractivity contribution in [3.63, 3.8) is 0 Å². The summed E-state index contributed by atoms with van der Waals surface area (Å²) < 4.78 is 13.2. The second-order valence-corrected chi connectivity index (χ2v) is 7.87. The number of guanidine groups is 1. The maximum Gasteiger partial charge on any atom is 0.353 e. The van der Waals surface area contributed by atoms with Gasteiger partial charge in [-0.25, -0.2) is 15.0 Å². The summed E-state index contributed by atoms with van der Waals surface area (Å²) >= 11 is 0. The van der Waals surface area contributed by atoms with Crippen LogP contribution in [-0.4, -0.2) is 11.7 Å². The third-order valence-corrected chi connectivity index (χ3v) is 5.03. The summed E-state index contributed by atoms with van der Waals surface area (Å²) in [5, 5.41) is 6.60. The quantitative estimate of drug-likeness (QED) is 0.768. The van der Waals surface area contributed by atoms with E-state index < -0.39 is 0 Å². The molecule has 0 amide bonds. The molecule has 0 saturated heterocycles. The summed E-state index contributed by atoms with van der Waals surface area (Å²) in [6, 6.07) is 16.0. The Morgan fingerprint density at radius 1 is 1.11 bits per heavy atom.